The van der Waals surface area contributed by atoms with Crippen LogP contribution in [0.3, 0.4) is 0 Å². The summed E-state index contributed by atoms with van der Waals surface area (Å²) in [5, 5.41) is 12.7. The van der Waals surface area contributed by atoms with Gasteiger partial charge >= 0.3 is 0 Å². The van der Waals surface area contributed by atoms with Gasteiger partial charge in [0, 0.05) is 18.1 Å². The molecule has 0 saturated heterocycles. The van der Waals surface area contributed by atoms with Crippen LogP contribution >= 0.6 is 11.3 Å². The summed E-state index contributed by atoms with van der Waals surface area (Å²) < 4.78 is 2.10. The van der Waals surface area contributed by atoms with Crippen molar-refractivity contribution in [3.05, 3.63) is 109 Å². The fourth-order valence-corrected chi connectivity index (χ4v) is 4.38. The van der Waals surface area contributed by atoms with Crippen LogP contribution in [-0.2, 0) is 4.79 Å². The molecule has 1 N–H and O–H groups in total. The number of nitrogens with zero attached hydrogens (tertiary/aromatic N) is 3. The number of anilines is 1. The lowest BCUT2D eigenvalue weighted by Crippen LogP contribution is -2.32. The molecule has 0 bridgehead atoms. The van der Waals surface area contributed by atoms with E-state index >= 15 is 0 Å². The molecule has 0 saturated carbocycles. The van der Waals surface area contributed by atoms with Crippen molar-refractivity contribution in [3.8, 4) is 11.8 Å². The molecule has 4 aromatic rings. The first-order valence-corrected chi connectivity index (χ1v) is 11.0. The minimum atomic E-state index is -0.567. The van der Waals surface area contributed by atoms with Crippen LogP contribution in [0, 0.1) is 25.2 Å². The van der Waals surface area contributed by atoms with E-state index in [2.05, 4.69) is 10.3 Å². The van der Waals surface area contributed by atoms with E-state index in [4.69, 9.17) is 0 Å². The standard InChI is InChI=1S/C26H20N4O2S/c1-17-8-9-20(14-18(17)2)29-24(31)22(16-27)26-30(21-6-4-3-5-7-21)25(32)23(33-26)15-19-10-12-28-13-11-19/h3-15H,1-2H3,(H,29,31)/b23-15+,26-22-. The molecule has 33 heavy (non-hydrogen) atoms. The summed E-state index contributed by atoms with van der Waals surface area (Å²) in [5.41, 5.74) is 3.66. The zero-order chi connectivity index (χ0) is 23.4. The van der Waals surface area contributed by atoms with E-state index in [0.717, 1.165) is 28.0 Å². The van der Waals surface area contributed by atoms with E-state index in [0.29, 0.717) is 15.9 Å². The molecule has 1 amide bonds. The van der Waals surface area contributed by atoms with E-state index in [9.17, 15) is 14.9 Å². The minimum Gasteiger partial charge on any atom is -0.321 e. The third-order valence-electron chi connectivity index (χ3n) is 5.16. The molecule has 0 aliphatic rings. The lowest BCUT2D eigenvalue weighted by atomic mass is 10.1. The van der Waals surface area contributed by atoms with E-state index in [1.165, 1.54) is 4.57 Å². The number of benzene rings is 2. The van der Waals surface area contributed by atoms with Gasteiger partial charge in [-0.25, -0.2) is 0 Å². The number of carbonyl (C=O) groups excluding carboxylic acids is 1. The Bertz CT molecular complexity index is 1550. The predicted octanol–water partition coefficient (Wildman–Crippen LogP) is 3.05. The lowest BCUT2D eigenvalue weighted by molar-refractivity contribution is -0.111. The summed E-state index contributed by atoms with van der Waals surface area (Å²) in [6, 6.07) is 20.1. The van der Waals surface area contributed by atoms with Crippen molar-refractivity contribution in [1.29, 1.82) is 5.26 Å². The molecule has 6 nitrogen and oxygen atoms in total. The molecule has 0 aliphatic heterocycles. The normalized spacial score (nSPS) is 12.2. The second kappa shape index (κ2) is 9.47. The second-order valence-electron chi connectivity index (χ2n) is 7.41. The van der Waals surface area contributed by atoms with Crippen LogP contribution < -0.4 is 20.1 Å². The Balaban J connectivity index is 1.93. The van der Waals surface area contributed by atoms with Gasteiger partial charge in [-0.1, -0.05) is 24.3 Å². The Morgan fingerprint density at radius 2 is 1.79 bits per heavy atom. The highest BCUT2D eigenvalue weighted by molar-refractivity contribution is 7.07. The van der Waals surface area contributed by atoms with E-state index in [-0.39, 0.29) is 15.8 Å². The summed E-state index contributed by atoms with van der Waals surface area (Å²) in [7, 11) is 0. The van der Waals surface area contributed by atoms with Crippen molar-refractivity contribution >= 4 is 34.6 Å². The number of amides is 1. The molecule has 2 heterocycles. The van der Waals surface area contributed by atoms with Crippen LogP contribution in [0.5, 0.6) is 0 Å². The Labute approximate surface area is 194 Å². The van der Waals surface area contributed by atoms with Crippen LogP contribution in [0.4, 0.5) is 5.69 Å². The Morgan fingerprint density at radius 3 is 2.45 bits per heavy atom. The van der Waals surface area contributed by atoms with Crippen LogP contribution in [0.1, 0.15) is 16.7 Å². The van der Waals surface area contributed by atoms with Crippen LogP contribution in [0.25, 0.3) is 17.3 Å². The number of nitriles is 1. The van der Waals surface area contributed by atoms with Crippen molar-refractivity contribution in [2.24, 2.45) is 0 Å². The van der Waals surface area contributed by atoms with E-state index < -0.39 is 5.91 Å². The van der Waals surface area contributed by atoms with Gasteiger partial charge in [0.05, 0.1) is 10.2 Å². The van der Waals surface area contributed by atoms with Gasteiger partial charge in [-0.15, -0.1) is 11.3 Å². The smallest absolute Gasteiger partial charge is 0.273 e. The van der Waals surface area contributed by atoms with Gasteiger partial charge in [0.2, 0.25) is 0 Å². The molecule has 0 spiro atoms. The third-order valence-corrected chi connectivity index (χ3v) is 6.25. The number of rotatable bonds is 4. The molecular weight excluding hydrogens is 432 g/mol. The van der Waals surface area contributed by atoms with Crippen LogP contribution in [-0.4, -0.2) is 15.5 Å². The number of hydrogen-bond donors (Lipinski definition) is 1. The van der Waals surface area contributed by atoms with Gasteiger partial charge in [-0.05, 0) is 73.0 Å². The molecule has 0 atom stereocenters. The summed E-state index contributed by atoms with van der Waals surface area (Å²) in [5.74, 6) is -0.567. The number of hydrogen-bond acceptors (Lipinski definition) is 5. The van der Waals surface area contributed by atoms with E-state index in [1.54, 1.807) is 60.9 Å². The first-order valence-electron chi connectivity index (χ1n) is 10.2. The summed E-state index contributed by atoms with van der Waals surface area (Å²) in [4.78, 5) is 30.5. The zero-order valence-electron chi connectivity index (χ0n) is 18.1. The molecule has 7 heteroatoms. The first-order chi connectivity index (χ1) is 16.0. The Morgan fingerprint density at radius 1 is 1.06 bits per heavy atom. The average molecular weight is 453 g/mol. The molecule has 4 rings (SSSR count). The quantitative estimate of drug-likeness (QED) is 0.516. The maximum Gasteiger partial charge on any atom is 0.273 e. The summed E-state index contributed by atoms with van der Waals surface area (Å²) in [6.45, 7) is 3.94. The van der Waals surface area contributed by atoms with Crippen molar-refractivity contribution in [2.75, 3.05) is 5.32 Å². The van der Waals surface area contributed by atoms with Crippen molar-refractivity contribution in [3.63, 3.8) is 0 Å². The van der Waals surface area contributed by atoms with Gasteiger partial charge in [-0.2, -0.15) is 5.26 Å². The number of carbonyl (C=O) groups is 1. The van der Waals surface area contributed by atoms with Crippen molar-refractivity contribution < 1.29 is 4.79 Å². The van der Waals surface area contributed by atoms with Crippen molar-refractivity contribution in [1.82, 2.24) is 9.55 Å². The minimum absolute atomic E-state index is 0.131. The zero-order valence-corrected chi connectivity index (χ0v) is 18.9. The van der Waals surface area contributed by atoms with Gasteiger partial charge < -0.3 is 5.32 Å². The number of para-hydroxylation sites is 1. The average Bonchev–Trinajstić information content (AvgIpc) is 3.13. The summed E-state index contributed by atoms with van der Waals surface area (Å²) in [6.07, 6.45) is 5.01. The maximum atomic E-state index is 13.4. The SMILES string of the molecule is Cc1ccc(NC(=O)/C(C#N)=c2\s/c(=C/c3ccncc3)c(=O)n2-c2ccccc2)cc1C. The number of aryl methyl sites for hydroxylation is 2. The summed E-state index contributed by atoms with van der Waals surface area (Å²) >= 11 is 1.11. The molecular formula is C26H20N4O2S. The molecule has 0 fully saturated rings. The first kappa shape index (κ1) is 21.9. The fourth-order valence-electron chi connectivity index (χ4n) is 3.28. The topological polar surface area (TPSA) is 87.8 Å². The maximum absolute atomic E-state index is 13.4. The number of thiazole rings is 1. The van der Waals surface area contributed by atoms with Gasteiger partial charge in [0.15, 0.2) is 5.57 Å². The van der Waals surface area contributed by atoms with Crippen LogP contribution in [0.2, 0.25) is 0 Å². The fraction of sp³-hybridized carbons (Fsp3) is 0.0769. The molecule has 2 aromatic carbocycles. The number of nitrogens with one attached hydrogen (secondary N) is 1. The van der Waals surface area contributed by atoms with Gasteiger partial charge in [0.1, 0.15) is 10.7 Å². The Hall–Kier alpha value is -4.28. The van der Waals surface area contributed by atoms with E-state index in [1.807, 2.05) is 38.1 Å². The van der Waals surface area contributed by atoms with Crippen molar-refractivity contribution in [2.45, 2.75) is 13.8 Å². The largest absolute Gasteiger partial charge is 0.321 e. The molecule has 0 radical (unpaired) electrons. The van der Waals surface area contributed by atoms with Gasteiger partial charge in [0.25, 0.3) is 11.5 Å². The number of pyridine rings is 1. The monoisotopic (exact) mass is 452 g/mol. The highest BCUT2D eigenvalue weighted by Gasteiger charge is 2.17. The highest BCUT2D eigenvalue weighted by Crippen LogP contribution is 2.15. The molecule has 0 aliphatic carbocycles. The van der Waals surface area contributed by atoms with Crippen LogP contribution in [0.15, 0.2) is 77.9 Å². The molecule has 0 unspecified atom stereocenters. The number of aromatic nitrogens is 2. The molecule has 2 aromatic heterocycles. The lowest BCUT2D eigenvalue weighted by Gasteiger charge is -2.07. The highest BCUT2D eigenvalue weighted by atomic mass is 32.1. The third kappa shape index (κ3) is 4.66. The predicted molar refractivity (Wildman–Crippen MR) is 131 cm³/mol. The molecule has 162 valence electrons. The second-order valence-corrected chi connectivity index (χ2v) is 8.44. The Kier molecular flexibility index (Phi) is 6.29. The van der Waals surface area contributed by atoms with Gasteiger partial charge in [-0.3, -0.25) is 19.1 Å².